The van der Waals surface area contributed by atoms with Gasteiger partial charge in [-0.15, -0.1) is 0 Å². The maximum Gasteiger partial charge on any atom is 0.471 e. The Morgan fingerprint density at radius 2 is 1.30 bits per heavy atom. The van der Waals surface area contributed by atoms with Crippen LogP contribution in [0.15, 0.2) is 132 Å². The Bertz CT molecular complexity index is 1850. The fraction of sp³-hybridized carbons (Fsp3) is 0.0857. The van der Waals surface area contributed by atoms with Crippen molar-refractivity contribution in [2.45, 2.75) is 18.1 Å². The van der Waals surface area contributed by atoms with Gasteiger partial charge in [-0.3, -0.25) is 4.79 Å². The van der Waals surface area contributed by atoms with E-state index in [0.717, 1.165) is 16.7 Å². The zero-order valence-corrected chi connectivity index (χ0v) is 24.6. The number of hydrogen-bond acceptors (Lipinski definition) is 2. The van der Waals surface area contributed by atoms with Crippen LogP contribution in [0.5, 0.6) is 0 Å². The van der Waals surface area contributed by atoms with Crippen LogP contribution in [-0.4, -0.2) is 21.9 Å². The first kappa shape index (κ1) is 29.3. The molecule has 0 radical (unpaired) electrons. The number of carbonyl (C=O) groups excluding carboxylic acids is 1. The highest BCUT2D eigenvalue weighted by Crippen LogP contribution is 2.44. The molecule has 0 saturated heterocycles. The number of amides is 1. The molecule has 0 aliphatic heterocycles. The summed E-state index contributed by atoms with van der Waals surface area (Å²) in [6.07, 6.45) is -4.85. The second kappa shape index (κ2) is 11.7. The molecule has 1 aromatic heterocycles. The van der Waals surface area contributed by atoms with Gasteiger partial charge >= 0.3 is 12.1 Å². The summed E-state index contributed by atoms with van der Waals surface area (Å²) in [5.74, 6) is -2.78. The molecule has 0 aliphatic carbocycles. The summed E-state index contributed by atoms with van der Waals surface area (Å²) in [6.45, 7) is 0. The molecule has 9 heteroatoms. The third kappa shape index (κ3) is 5.39. The lowest BCUT2D eigenvalue weighted by molar-refractivity contribution is -0.167. The van der Waals surface area contributed by atoms with E-state index in [1.807, 2.05) is 96.3 Å². The van der Waals surface area contributed by atoms with E-state index in [-0.39, 0.29) is 12.2 Å². The molecular weight excluding hydrogens is 634 g/mol. The van der Waals surface area contributed by atoms with Crippen LogP contribution < -0.4 is 5.32 Å². The number of fused-ring (bicyclic) bond motifs is 1. The minimum atomic E-state index is -5.13. The molecule has 1 heterocycles. The summed E-state index contributed by atoms with van der Waals surface area (Å²) >= 11 is 3.65. The monoisotopic (exact) mass is 657 g/mol. The molecule has 6 rings (SSSR count). The van der Waals surface area contributed by atoms with Crippen LogP contribution >= 0.6 is 15.9 Å². The van der Waals surface area contributed by atoms with Gasteiger partial charge in [-0.1, -0.05) is 119 Å². The molecule has 44 heavy (non-hydrogen) atoms. The predicted octanol–water partition coefficient (Wildman–Crippen LogP) is 8.87. The quantitative estimate of drug-likeness (QED) is 0.138. The summed E-state index contributed by atoms with van der Waals surface area (Å²) in [5.41, 5.74) is 3.06. The number of rotatable bonds is 7. The number of carbonyl (C=O) groups is 1. The summed E-state index contributed by atoms with van der Waals surface area (Å²) in [6, 6.07) is 38.2. The third-order valence-corrected chi connectivity index (χ3v) is 8.25. The number of nitrogens with zero attached hydrogens (tertiary/aromatic N) is 2. The Hall–Kier alpha value is -4.76. The van der Waals surface area contributed by atoms with Crippen LogP contribution in [-0.2, 0) is 16.8 Å². The van der Waals surface area contributed by atoms with E-state index in [4.69, 9.17) is 5.10 Å². The van der Waals surface area contributed by atoms with Crippen LogP contribution in [0.2, 0.25) is 0 Å². The van der Waals surface area contributed by atoms with E-state index >= 15 is 0 Å². The van der Waals surface area contributed by atoms with Crippen molar-refractivity contribution >= 4 is 38.6 Å². The summed E-state index contributed by atoms with van der Waals surface area (Å²) in [4.78, 5) is 12.3. The van der Waals surface area contributed by atoms with E-state index in [9.17, 15) is 22.4 Å². The normalized spacial score (nSPS) is 11.9. The average Bonchev–Trinajstić information content (AvgIpc) is 3.35. The molecule has 0 aliphatic rings. The van der Waals surface area contributed by atoms with Crippen molar-refractivity contribution in [3.63, 3.8) is 0 Å². The van der Waals surface area contributed by atoms with Gasteiger partial charge in [0.2, 0.25) is 0 Å². The fourth-order valence-corrected chi connectivity index (χ4v) is 6.09. The van der Waals surface area contributed by atoms with Gasteiger partial charge < -0.3 is 5.32 Å². The Morgan fingerprint density at radius 1 is 0.750 bits per heavy atom. The molecule has 0 spiro atoms. The first-order chi connectivity index (χ1) is 21.2. The predicted molar refractivity (Wildman–Crippen MR) is 166 cm³/mol. The SMILES string of the molecule is O=C(Nc1nn(C(c2ccccc2)(c2ccccc2)c2ccccc2)c2cc(Br)c(Cc3cccc(F)c3)cc12)C(F)(F)F. The number of benzene rings is 5. The number of halogens is 5. The molecule has 1 amide bonds. The van der Waals surface area contributed by atoms with Crippen molar-refractivity contribution in [1.29, 1.82) is 0 Å². The topological polar surface area (TPSA) is 46.9 Å². The van der Waals surface area contributed by atoms with Crippen molar-refractivity contribution < 1.29 is 22.4 Å². The van der Waals surface area contributed by atoms with Gasteiger partial charge in [-0.2, -0.15) is 18.3 Å². The minimum Gasteiger partial charge on any atom is -0.301 e. The van der Waals surface area contributed by atoms with E-state index in [1.54, 1.807) is 28.9 Å². The zero-order chi connectivity index (χ0) is 30.9. The number of nitrogens with one attached hydrogen (secondary N) is 1. The van der Waals surface area contributed by atoms with Gasteiger partial charge in [0.05, 0.1) is 5.52 Å². The van der Waals surface area contributed by atoms with E-state index < -0.39 is 23.4 Å². The zero-order valence-electron chi connectivity index (χ0n) is 23.0. The fourth-order valence-electron chi connectivity index (χ4n) is 5.61. The lowest BCUT2D eigenvalue weighted by Crippen LogP contribution is -2.38. The molecule has 4 nitrogen and oxygen atoms in total. The Labute approximate surface area is 259 Å². The highest BCUT2D eigenvalue weighted by molar-refractivity contribution is 9.10. The number of alkyl halides is 3. The molecule has 0 bridgehead atoms. The molecule has 220 valence electrons. The summed E-state index contributed by atoms with van der Waals surface area (Å²) in [7, 11) is 0. The number of aromatic nitrogens is 2. The van der Waals surface area contributed by atoms with Gasteiger partial charge in [0.15, 0.2) is 5.82 Å². The number of hydrogen-bond donors (Lipinski definition) is 1. The molecule has 5 aromatic carbocycles. The molecular formula is C35H24BrF4N3O. The first-order valence-corrected chi connectivity index (χ1v) is 14.5. The molecule has 0 saturated carbocycles. The third-order valence-electron chi connectivity index (χ3n) is 7.51. The van der Waals surface area contributed by atoms with Crippen LogP contribution in [0.3, 0.4) is 0 Å². The van der Waals surface area contributed by atoms with Crippen molar-refractivity contribution in [1.82, 2.24) is 9.78 Å². The van der Waals surface area contributed by atoms with E-state index in [0.29, 0.717) is 26.5 Å². The van der Waals surface area contributed by atoms with Crippen molar-refractivity contribution in [3.05, 3.63) is 166 Å². The summed E-state index contributed by atoms with van der Waals surface area (Å²) in [5, 5.41) is 7.07. The van der Waals surface area contributed by atoms with Gasteiger partial charge in [0, 0.05) is 9.86 Å². The standard InChI is InChI=1S/C35H24BrF4N3O/c36-30-22-31-29(21-24(30)19-23-11-10-18-28(37)20-23)32(41-33(44)35(38,39)40)42-43(31)34(25-12-4-1-5-13-25,26-14-6-2-7-15-26)27-16-8-3-9-17-27/h1-18,20-22H,19H2,(H,41,42,44). The van der Waals surface area contributed by atoms with Crippen molar-refractivity contribution in [2.75, 3.05) is 5.32 Å². The second-order valence-corrected chi connectivity index (χ2v) is 11.1. The highest BCUT2D eigenvalue weighted by Gasteiger charge is 2.43. The maximum atomic E-state index is 14.0. The van der Waals surface area contributed by atoms with Crippen molar-refractivity contribution in [3.8, 4) is 0 Å². The Kier molecular flexibility index (Phi) is 7.82. The summed E-state index contributed by atoms with van der Waals surface area (Å²) < 4.78 is 56.9. The van der Waals surface area contributed by atoms with Crippen molar-refractivity contribution in [2.24, 2.45) is 0 Å². The molecule has 0 atom stereocenters. The number of anilines is 1. The highest BCUT2D eigenvalue weighted by atomic mass is 79.9. The lowest BCUT2D eigenvalue weighted by Gasteiger charge is -2.37. The van der Waals surface area contributed by atoms with E-state index in [2.05, 4.69) is 15.9 Å². The van der Waals surface area contributed by atoms with Gasteiger partial charge in [0.1, 0.15) is 11.4 Å². The smallest absolute Gasteiger partial charge is 0.301 e. The Morgan fingerprint density at radius 3 is 1.80 bits per heavy atom. The van der Waals surface area contributed by atoms with Gasteiger partial charge in [0.25, 0.3) is 0 Å². The van der Waals surface area contributed by atoms with Gasteiger partial charge in [-0.25, -0.2) is 9.07 Å². The van der Waals surface area contributed by atoms with Crippen LogP contribution in [0.4, 0.5) is 23.4 Å². The largest absolute Gasteiger partial charge is 0.471 e. The maximum absolute atomic E-state index is 14.0. The van der Waals surface area contributed by atoms with Gasteiger partial charge in [-0.05, 0) is 58.5 Å². The first-order valence-electron chi connectivity index (χ1n) is 13.7. The average molecular weight is 658 g/mol. The lowest BCUT2D eigenvalue weighted by atomic mass is 9.77. The van der Waals surface area contributed by atoms with Crippen LogP contribution in [0, 0.1) is 5.82 Å². The van der Waals surface area contributed by atoms with E-state index in [1.165, 1.54) is 12.1 Å². The van der Waals surface area contributed by atoms with Crippen LogP contribution in [0.25, 0.3) is 10.9 Å². The second-order valence-electron chi connectivity index (χ2n) is 10.3. The van der Waals surface area contributed by atoms with Crippen LogP contribution in [0.1, 0.15) is 27.8 Å². The molecule has 6 aromatic rings. The Balaban J connectivity index is 1.69. The minimum absolute atomic E-state index is 0.248. The molecule has 1 N–H and O–H groups in total. The molecule has 0 unspecified atom stereocenters. The molecule has 0 fully saturated rings.